The number of methoxy groups -OCH3 is 1. The van der Waals surface area contributed by atoms with Gasteiger partial charge in [0.25, 0.3) is 0 Å². The summed E-state index contributed by atoms with van der Waals surface area (Å²) in [7, 11) is 3.42. The van der Waals surface area contributed by atoms with Crippen molar-refractivity contribution in [1.82, 2.24) is 5.32 Å². The summed E-state index contributed by atoms with van der Waals surface area (Å²) in [5.74, 6) is 0.911. The third kappa shape index (κ3) is 6.10. The first-order chi connectivity index (χ1) is 10.6. The zero-order chi connectivity index (χ0) is 16.4. The zero-order valence-corrected chi connectivity index (χ0v) is 14.0. The van der Waals surface area contributed by atoms with Crippen molar-refractivity contribution in [2.75, 3.05) is 14.2 Å². The Morgan fingerprint density at radius 1 is 1.36 bits per heavy atom. The molecule has 0 spiro atoms. The minimum absolute atomic E-state index is 0.112. The van der Waals surface area contributed by atoms with E-state index in [1.165, 1.54) is 11.8 Å². The second-order valence-electron chi connectivity index (χ2n) is 4.33. The van der Waals surface area contributed by atoms with Crippen LogP contribution in [0.2, 0.25) is 0 Å². The highest BCUT2D eigenvalue weighted by Crippen LogP contribution is 2.26. The van der Waals surface area contributed by atoms with E-state index in [9.17, 15) is 0 Å². The number of allylic oxidation sites excluding steroid dienone is 2. The van der Waals surface area contributed by atoms with Gasteiger partial charge in [0.1, 0.15) is 12.4 Å². The monoisotopic (exact) mass is 318 g/mol. The number of benzene rings is 1. The molecule has 0 amide bonds. The summed E-state index contributed by atoms with van der Waals surface area (Å²) in [6.45, 7) is 6.19. The maximum Gasteiger partial charge on any atom is 0.222 e. The van der Waals surface area contributed by atoms with E-state index in [-0.39, 0.29) is 5.90 Å². The Morgan fingerprint density at radius 2 is 2.05 bits per heavy atom. The maximum absolute atomic E-state index is 8.06. The molecule has 118 valence electrons. The Balaban J connectivity index is 2.63. The molecule has 5 heteroatoms. The van der Waals surface area contributed by atoms with Gasteiger partial charge in [0.15, 0.2) is 0 Å². The molecular weight excluding hydrogens is 296 g/mol. The Morgan fingerprint density at radius 3 is 2.59 bits per heavy atom. The van der Waals surface area contributed by atoms with Crippen molar-refractivity contribution in [3.05, 3.63) is 64.6 Å². The molecule has 22 heavy (non-hydrogen) atoms. The molecule has 0 aliphatic rings. The molecular formula is C17H22N2O2S. The molecule has 1 aromatic carbocycles. The number of ether oxygens (including phenoxy) is 2. The second-order valence-corrected chi connectivity index (χ2v) is 5.50. The Kier molecular flexibility index (Phi) is 7.92. The van der Waals surface area contributed by atoms with Crippen LogP contribution >= 0.6 is 11.8 Å². The van der Waals surface area contributed by atoms with Gasteiger partial charge in [0.05, 0.1) is 12.0 Å². The lowest BCUT2D eigenvalue weighted by Gasteiger charge is -2.11. The quantitative estimate of drug-likeness (QED) is 0.431. The Bertz CT molecular complexity index is 563. The van der Waals surface area contributed by atoms with Crippen molar-refractivity contribution in [2.45, 2.75) is 13.5 Å². The van der Waals surface area contributed by atoms with Crippen LogP contribution in [0.4, 0.5) is 0 Å². The number of hydrogen-bond acceptors (Lipinski definition) is 5. The summed E-state index contributed by atoms with van der Waals surface area (Å²) in [5.41, 5.74) is 0.978. The van der Waals surface area contributed by atoms with Crippen LogP contribution < -0.4 is 10.1 Å². The normalized spacial score (nSPS) is 11.3. The third-order valence-electron chi connectivity index (χ3n) is 2.64. The van der Waals surface area contributed by atoms with Crippen molar-refractivity contribution in [1.29, 1.82) is 5.41 Å². The topological polar surface area (TPSA) is 54.3 Å². The summed E-state index contributed by atoms with van der Waals surface area (Å²) in [6.07, 6.45) is 5.54. The van der Waals surface area contributed by atoms with Crippen molar-refractivity contribution in [3.8, 4) is 5.75 Å². The molecule has 1 aromatic rings. The first-order valence-corrected chi connectivity index (χ1v) is 7.64. The number of hydrogen-bond donors (Lipinski definition) is 2. The predicted octanol–water partition coefficient (Wildman–Crippen LogP) is 4.07. The van der Waals surface area contributed by atoms with Crippen LogP contribution in [0.3, 0.4) is 0 Å². The molecule has 0 saturated carbocycles. The molecule has 1 rings (SSSR count). The molecule has 0 aliphatic heterocycles. The minimum Gasteiger partial charge on any atom is -0.497 e. The summed E-state index contributed by atoms with van der Waals surface area (Å²) in [4.78, 5) is 1.53. The van der Waals surface area contributed by atoms with E-state index in [1.54, 1.807) is 20.4 Å². The van der Waals surface area contributed by atoms with Crippen molar-refractivity contribution in [3.63, 3.8) is 0 Å². The zero-order valence-electron chi connectivity index (χ0n) is 13.2. The molecule has 0 saturated heterocycles. The number of thioether (sulfide) groups is 1. The van der Waals surface area contributed by atoms with E-state index in [4.69, 9.17) is 14.9 Å². The van der Waals surface area contributed by atoms with Crippen LogP contribution in [0, 0.1) is 5.41 Å². The fourth-order valence-corrected chi connectivity index (χ4v) is 2.40. The molecule has 0 fully saturated rings. The summed E-state index contributed by atoms with van der Waals surface area (Å²) >= 11 is 1.39. The van der Waals surface area contributed by atoms with E-state index < -0.39 is 0 Å². The van der Waals surface area contributed by atoms with Crippen molar-refractivity contribution < 1.29 is 9.47 Å². The molecule has 0 aliphatic carbocycles. The Hall–Kier alpha value is -2.14. The molecule has 0 radical (unpaired) electrons. The highest BCUT2D eigenvalue weighted by molar-refractivity contribution is 8.07. The Labute approximate surface area is 136 Å². The van der Waals surface area contributed by atoms with Crippen molar-refractivity contribution in [2.24, 2.45) is 0 Å². The number of nitrogens with one attached hydrogen (secondary N) is 2. The van der Waals surface area contributed by atoms with Gasteiger partial charge in [0, 0.05) is 18.2 Å². The standard InChI is InChI=1S/C17H22N2O2S/c1-5-6-13(2)22-16(11-19-3)17(18)21-12-14-7-9-15(20-4)10-8-14/h5-11,18-19H,2,12H2,1,3-4H3/b6-5-,16-11+,18-17?. The summed E-state index contributed by atoms with van der Waals surface area (Å²) in [6, 6.07) is 7.57. The lowest BCUT2D eigenvalue weighted by Crippen LogP contribution is -2.08. The lowest BCUT2D eigenvalue weighted by molar-refractivity contribution is 0.291. The first kappa shape index (κ1) is 17.9. The van der Waals surface area contributed by atoms with Crippen LogP contribution in [-0.2, 0) is 11.3 Å². The smallest absolute Gasteiger partial charge is 0.222 e. The van der Waals surface area contributed by atoms with E-state index in [0.717, 1.165) is 16.2 Å². The van der Waals surface area contributed by atoms with Crippen LogP contribution in [-0.4, -0.2) is 20.1 Å². The average Bonchev–Trinajstić information content (AvgIpc) is 2.53. The van der Waals surface area contributed by atoms with Gasteiger partial charge < -0.3 is 14.8 Å². The molecule has 0 aromatic heterocycles. The van der Waals surface area contributed by atoms with E-state index >= 15 is 0 Å². The van der Waals surface area contributed by atoms with Gasteiger partial charge >= 0.3 is 0 Å². The van der Waals surface area contributed by atoms with Crippen LogP contribution in [0.25, 0.3) is 0 Å². The minimum atomic E-state index is 0.112. The molecule has 0 unspecified atom stereocenters. The van der Waals surface area contributed by atoms with Gasteiger partial charge in [-0.2, -0.15) is 0 Å². The molecule has 0 heterocycles. The predicted molar refractivity (Wildman–Crippen MR) is 94.2 cm³/mol. The van der Waals surface area contributed by atoms with E-state index in [2.05, 4.69) is 11.9 Å². The maximum atomic E-state index is 8.06. The largest absolute Gasteiger partial charge is 0.497 e. The van der Waals surface area contributed by atoms with Gasteiger partial charge in [-0.3, -0.25) is 5.41 Å². The average molecular weight is 318 g/mol. The first-order valence-electron chi connectivity index (χ1n) is 6.82. The van der Waals surface area contributed by atoms with Gasteiger partial charge in [-0.05, 0) is 24.6 Å². The van der Waals surface area contributed by atoms with E-state index in [0.29, 0.717) is 11.5 Å². The van der Waals surface area contributed by atoms with Crippen LogP contribution in [0.5, 0.6) is 5.75 Å². The molecule has 0 atom stereocenters. The van der Waals surface area contributed by atoms with Gasteiger partial charge in [0.2, 0.25) is 5.90 Å². The highest BCUT2D eigenvalue weighted by atomic mass is 32.2. The molecule has 0 bridgehead atoms. The fraction of sp³-hybridized carbons (Fsp3) is 0.235. The summed E-state index contributed by atoms with van der Waals surface area (Å²) in [5, 5.41) is 11.0. The number of rotatable bonds is 8. The lowest BCUT2D eigenvalue weighted by atomic mass is 10.2. The van der Waals surface area contributed by atoms with Gasteiger partial charge in [-0.25, -0.2) is 0 Å². The van der Waals surface area contributed by atoms with Crippen LogP contribution in [0.15, 0.2) is 59.0 Å². The van der Waals surface area contributed by atoms with Crippen LogP contribution in [0.1, 0.15) is 12.5 Å². The second kappa shape index (κ2) is 9.73. The fourth-order valence-electron chi connectivity index (χ4n) is 1.58. The third-order valence-corrected chi connectivity index (χ3v) is 3.56. The molecule has 4 nitrogen and oxygen atoms in total. The van der Waals surface area contributed by atoms with Gasteiger partial charge in [-0.15, -0.1) is 0 Å². The van der Waals surface area contributed by atoms with Crippen molar-refractivity contribution >= 4 is 17.7 Å². The van der Waals surface area contributed by atoms with Gasteiger partial charge in [-0.1, -0.05) is 42.6 Å². The van der Waals surface area contributed by atoms with E-state index in [1.807, 2.05) is 43.3 Å². The summed E-state index contributed by atoms with van der Waals surface area (Å²) < 4.78 is 10.7. The highest BCUT2D eigenvalue weighted by Gasteiger charge is 2.09. The molecule has 2 N–H and O–H groups in total. The SMILES string of the molecule is C=C(/C=C\C)S/C(=C/NC)C(=N)OCc1ccc(OC)cc1.